The molecule has 1 aromatic heterocycles. The molecule has 4 aliphatic rings. The van der Waals surface area contributed by atoms with Gasteiger partial charge in [-0.25, -0.2) is 9.78 Å². The van der Waals surface area contributed by atoms with E-state index in [4.69, 9.17) is 17.3 Å². The summed E-state index contributed by atoms with van der Waals surface area (Å²) >= 11 is 6.35. The van der Waals surface area contributed by atoms with E-state index in [-0.39, 0.29) is 35.9 Å². The predicted octanol–water partition coefficient (Wildman–Crippen LogP) is 4.06. The Kier molecular flexibility index (Phi) is 7.88. The monoisotopic (exact) mass is 653 g/mol. The van der Waals surface area contributed by atoms with Gasteiger partial charge in [0.25, 0.3) is 11.8 Å². The second-order valence-corrected chi connectivity index (χ2v) is 12.5. The molecular weight excluding hydrogens is 622 g/mol. The van der Waals surface area contributed by atoms with Gasteiger partial charge in [-0.3, -0.25) is 34.3 Å². The number of nitrogen functional groups attached to an aromatic ring is 1. The number of urea groups is 1. The van der Waals surface area contributed by atoms with E-state index in [0.29, 0.717) is 24.1 Å². The molecule has 1 atom stereocenters. The molecule has 0 aliphatic carbocycles. The Morgan fingerprint density at radius 3 is 2.40 bits per heavy atom. The molecule has 3 N–H and O–H groups in total. The van der Waals surface area contributed by atoms with Crippen LogP contribution in [-0.4, -0.2) is 76.7 Å². The highest BCUT2D eigenvalue weighted by Crippen LogP contribution is 2.34. The summed E-state index contributed by atoms with van der Waals surface area (Å²) in [6.07, 6.45) is 5.69. The Labute approximate surface area is 275 Å². The van der Waals surface area contributed by atoms with Gasteiger partial charge in [-0.05, 0) is 79.3 Å². The molecule has 0 saturated carbocycles. The molecule has 6 amide bonds. The number of hydrogen-bond acceptors (Lipinski definition) is 8. The lowest BCUT2D eigenvalue weighted by Gasteiger charge is -2.37. The van der Waals surface area contributed by atoms with Crippen molar-refractivity contribution in [1.82, 2.24) is 20.1 Å². The molecule has 0 spiro atoms. The maximum Gasteiger partial charge on any atom is 0.328 e. The number of hydrogen-bond donors (Lipinski definition) is 2. The highest BCUT2D eigenvalue weighted by atomic mass is 35.5. The Bertz CT molecular complexity index is 1850. The van der Waals surface area contributed by atoms with Gasteiger partial charge in [-0.1, -0.05) is 23.7 Å². The second-order valence-electron chi connectivity index (χ2n) is 12.2. The molecule has 1 unspecified atom stereocenters. The van der Waals surface area contributed by atoms with E-state index in [2.05, 4.69) is 15.2 Å². The van der Waals surface area contributed by atoms with Crippen molar-refractivity contribution < 1.29 is 24.0 Å². The molecule has 0 radical (unpaired) electrons. The first-order valence-corrected chi connectivity index (χ1v) is 15.9. The van der Waals surface area contributed by atoms with Gasteiger partial charge in [0.05, 0.1) is 11.1 Å². The lowest BCUT2D eigenvalue weighted by molar-refractivity contribution is -0.136. The maximum absolute atomic E-state index is 13.6. The number of nitrogens with two attached hydrogens (primary N) is 1. The normalized spacial score (nSPS) is 20.3. The van der Waals surface area contributed by atoms with Gasteiger partial charge in [-0.15, -0.1) is 0 Å². The fraction of sp³-hybridized carbons (Fsp3) is 0.294. The van der Waals surface area contributed by atoms with Crippen molar-refractivity contribution in [3.05, 3.63) is 83.2 Å². The summed E-state index contributed by atoms with van der Waals surface area (Å²) in [5.41, 5.74) is 9.43. The lowest BCUT2D eigenvalue weighted by Crippen LogP contribution is -2.54. The number of aromatic nitrogens is 1. The largest absolute Gasteiger partial charge is 0.384 e. The summed E-state index contributed by atoms with van der Waals surface area (Å²) in [6, 6.07) is 15.2. The number of piperidine rings is 2. The summed E-state index contributed by atoms with van der Waals surface area (Å²) in [6.45, 7) is 2.46. The van der Waals surface area contributed by atoms with Crippen molar-refractivity contribution in [3.63, 3.8) is 0 Å². The molecule has 2 aromatic carbocycles. The molecule has 0 bridgehead atoms. The van der Waals surface area contributed by atoms with E-state index in [0.717, 1.165) is 53.3 Å². The van der Waals surface area contributed by atoms with Crippen LogP contribution in [0.2, 0.25) is 5.15 Å². The fourth-order valence-electron chi connectivity index (χ4n) is 6.74. The van der Waals surface area contributed by atoms with Crippen LogP contribution in [0.25, 0.3) is 11.1 Å². The van der Waals surface area contributed by atoms with Crippen LogP contribution >= 0.6 is 11.6 Å². The van der Waals surface area contributed by atoms with Crippen molar-refractivity contribution in [1.29, 1.82) is 0 Å². The van der Waals surface area contributed by atoms with Crippen molar-refractivity contribution in [2.75, 3.05) is 41.7 Å². The highest BCUT2D eigenvalue weighted by Gasteiger charge is 2.45. The van der Waals surface area contributed by atoms with Crippen LogP contribution in [0, 0.1) is 5.92 Å². The number of benzene rings is 2. The summed E-state index contributed by atoms with van der Waals surface area (Å²) in [5, 5.41) is 2.52. The number of imide groups is 2. The highest BCUT2D eigenvalue weighted by molar-refractivity contribution is 6.32. The van der Waals surface area contributed by atoms with Gasteiger partial charge < -0.3 is 15.5 Å². The number of amides is 6. The van der Waals surface area contributed by atoms with Gasteiger partial charge in [0, 0.05) is 55.7 Å². The number of rotatable bonds is 6. The first-order valence-electron chi connectivity index (χ1n) is 15.6. The second kappa shape index (κ2) is 12.2. The average Bonchev–Trinajstić information content (AvgIpc) is 3.31. The van der Waals surface area contributed by atoms with E-state index in [1.54, 1.807) is 28.0 Å². The number of nitrogens with zero attached hydrogens (tertiary/aromatic N) is 5. The Morgan fingerprint density at radius 1 is 0.872 bits per heavy atom. The Hall–Kier alpha value is -5.23. The van der Waals surface area contributed by atoms with E-state index in [1.807, 2.05) is 48.7 Å². The average molecular weight is 654 g/mol. The van der Waals surface area contributed by atoms with Crippen LogP contribution < -0.4 is 20.9 Å². The number of halogens is 1. The molecule has 5 heterocycles. The zero-order chi connectivity index (χ0) is 32.8. The van der Waals surface area contributed by atoms with Crippen LogP contribution in [-0.2, 0) is 9.59 Å². The van der Waals surface area contributed by atoms with Gasteiger partial charge in [0.2, 0.25) is 11.8 Å². The van der Waals surface area contributed by atoms with Crippen molar-refractivity contribution >= 4 is 58.5 Å². The van der Waals surface area contributed by atoms with Gasteiger partial charge >= 0.3 is 6.03 Å². The first kappa shape index (κ1) is 30.4. The Balaban J connectivity index is 0.984. The summed E-state index contributed by atoms with van der Waals surface area (Å²) < 4.78 is 0. The number of anilines is 3. The molecular formula is C34H32ClN7O5. The van der Waals surface area contributed by atoms with Crippen LogP contribution in [0.4, 0.5) is 22.0 Å². The first-order chi connectivity index (χ1) is 22.7. The SMILES string of the molecule is Nc1ccc(-c2cccc(N3CC=CN(CC4CCN(c5ccc6c(c5)C(=O)N(C5CCC(=O)NC5=O)C6=O)CC4)C3=O)c2)c(Cl)n1. The number of nitrogens with one attached hydrogen (secondary N) is 1. The molecule has 47 heavy (non-hydrogen) atoms. The van der Waals surface area contributed by atoms with Crippen LogP contribution in [0.5, 0.6) is 0 Å². The number of fused-ring (bicyclic) bond motifs is 1. The van der Waals surface area contributed by atoms with Crippen molar-refractivity contribution in [2.24, 2.45) is 5.92 Å². The topological polar surface area (TPSA) is 149 Å². The third-order valence-corrected chi connectivity index (χ3v) is 9.54. The fourth-order valence-corrected chi connectivity index (χ4v) is 7.01. The van der Waals surface area contributed by atoms with Crippen LogP contribution in [0.1, 0.15) is 46.4 Å². The molecule has 3 aromatic rings. The lowest BCUT2D eigenvalue weighted by atomic mass is 9.95. The maximum atomic E-state index is 13.6. The minimum atomic E-state index is -0.995. The molecule has 2 saturated heterocycles. The quantitative estimate of drug-likeness (QED) is 0.299. The molecule has 13 heteroatoms. The van der Waals surface area contributed by atoms with E-state index in [9.17, 15) is 24.0 Å². The molecule has 240 valence electrons. The summed E-state index contributed by atoms with van der Waals surface area (Å²) in [5.74, 6) is -1.46. The van der Waals surface area contributed by atoms with Gasteiger partial charge in [0.1, 0.15) is 17.0 Å². The Morgan fingerprint density at radius 2 is 1.64 bits per heavy atom. The van der Waals surface area contributed by atoms with Gasteiger partial charge in [0.15, 0.2) is 0 Å². The van der Waals surface area contributed by atoms with E-state index >= 15 is 0 Å². The molecule has 12 nitrogen and oxygen atoms in total. The molecule has 2 fully saturated rings. The number of carbonyl (C=O) groups is 5. The number of carbonyl (C=O) groups excluding carboxylic acids is 5. The molecule has 7 rings (SSSR count). The van der Waals surface area contributed by atoms with E-state index in [1.165, 1.54) is 0 Å². The third kappa shape index (κ3) is 5.69. The molecule has 4 aliphatic heterocycles. The summed E-state index contributed by atoms with van der Waals surface area (Å²) in [4.78, 5) is 74.7. The zero-order valence-electron chi connectivity index (χ0n) is 25.4. The smallest absolute Gasteiger partial charge is 0.328 e. The minimum absolute atomic E-state index is 0.0752. The van der Waals surface area contributed by atoms with Gasteiger partial charge in [-0.2, -0.15) is 0 Å². The van der Waals surface area contributed by atoms with Crippen molar-refractivity contribution in [2.45, 2.75) is 31.7 Å². The van der Waals surface area contributed by atoms with E-state index < -0.39 is 29.7 Å². The predicted molar refractivity (Wildman–Crippen MR) is 176 cm³/mol. The summed E-state index contributed by atoms with van der Waals surface area (Å²) in [7, 11) is 0. The zero-order valence-corrected chi connectivity index (χ0v) is 26.2. The van der Waals surface area contributed by atoms with Crippen molar-refractivity contribution in [3.8, 4) is 11.1 Å². The third-order valence-electron chi connectivity index (χ3n) is 9.25. The standard InChI is InChI=1S/C34H32ClN7O5/c35-30-24(7-9-28(36)37-30)21-3-1-4-23(17-21)41-14-2-13-40(34(41)47)19-20-11-15-39(16-12-20)22-5-6-25-26(18-22)33(46)42(32(25)45)27-8-10-29(43)38-31(27)44/h1-7,9,13,17-18,20,27H,8,10-12,14-16,19H2,(H2,36,37)(H,38,43,44). The van der Waals surface area contributed by atoms with Crippen LogP contribution in [0.3, 0.4) is 0 Å². The number of pyridine rings is 1. The van der Waals surface area contributed by atoms with Crippen LogP contribution in [0.15, 0.2) is 66.9 Å². The minimum Gasteiger partial charge on any atom is -0.384 e.